The highest BCUT2D eigenvalue weighted by Crippen LogP contribution is 2.68. The van der Waals surface area contributed by atoms with Gasteiger partial charge in [0.1, 0.15) is 5.76 Å². The minimum Gasteiger partial charge on any atom is -0.417 e. The van der Waals surface area contributed by atoms with Crippen molar-refractivity contribution in [3.63, 3.8) is 0 Å². The van der Waals surface area contributed by atoms with Crippen molar-refractivity contribution >= 4 is 18.4 Å². The highest BCUT2D eigenvalue weighted by molar-refractivity contribution is 7.87. The Morgan fingerprint density at radius 2 is 1.41 bits per heavy atom. The predicted molar refractivity (Wildman–Crippen MR) is 231 cm³/mol. The van der Waals surface area contributed by atoms with Crippen LogP contribution in [0, 0.1) is 52.3 Å². The molecule has 3 saturated carbocycles. The number of benzene rings is 2. The Bertz CT molecular complexity index is 1830. The second-order valence-electron chi connectivity index (χ2n) is 20.8. The van der Waals surface area contributed by atoms with Gasteiger partial charge in [-0.1, -0.05) is 116 Å². The molecular weight excluding hydrogens is 790 g/mol. The van der Waals surface area contributed by atoms with Gasteiger partial charge in [-0.25, -0.2) is 0 Å². The Morgan fingerprint density at radius 1 is 0.814 bits per heavy atom. The van der Waals surface area contributed by atoms with Gasteiger partial charge < -0.3 is 18.1 Å². The molecule has 0 aliphatic heterocycles. The summed E-state index contributed by atoms with van der Waals surface area (Å²) in [5.74, 6) is 0.299. The third-order valence-corrected chi connectivity index (χ3v) is 21.3. The average Bonchev–Trinajstić information content (AvgIpc) is 3.46. The van der Waals surface area contributed by atoms with E-state index < -0.39 is 35.3 Å². The van der Waals surface area contributed by atoms with Crippen molar-refractivity contribution in [3.8, 4) is 0 Å². The summed E-state index contributed by atoms with van der Waals surface area (Å²) in [4.78, 5) is 0. The van der Waals surface area contributed by atoms with Gasteiger partial charge in [0.25, 0.3) is 0 Å². The van der Waals surface area contributed by atoms with Crippen LogP contribution < -0.4 is 0 Å². The molecule has 330 valence electrons. The van der Waals surface area contributed by atoms with E-state index in [-0.39, 0.29) is 52.1 Å². The SMILES string of the molecule is C[C@H](CCC[C@@H](C)[C@H]1C(OS(=O)(=O)C(F)(F)F)=C[C@H]2[C@@H]3C[C@@H](OCc4ccccc4)[C@H]4C[C@@H](OCc5ccccc5)CC[C@]4(C)[C@H]3CC[C@]12C)CO[Si](C)(C)C(C)(C)C. The fourth-order valence-electron chi connectivity index (χ4n) is 11.5. The van der Waals surface area contributed by atoms with Gasteiger partial charge in [0.05, 0.1) is 25.4 Å². The lowest BCUT2D eigenvalue weighted by Crippen LogP contribution is -2.59. The summed E-state index contributed by atoms with van der Waals surface area (Å²) in [6, 6.07) is 20.5. The second kappa shape index (κ2) is 17.9. The van der Waals surface area contributed by atoms with Gasteiger partial charge >= 0.3 is 15.6 Å². The van der Waals surface area contributed by atoms with Gasteiger partial charge in [-0.2, -0.15) is 21.6 Å². The fraction of sp³-hybridized carbons (Fsp3) is 0.708. The molecule has 6 rings (SSSR count). The van der Waals surface area contributed by atoms with E-state index in [9.17, 15) is 21.6 Å². The zero-order chi connectivity index (χ0) is 43.0. The van der Waals surface area contributed by atoms with E-state index in [1.54, 1.807) is 0 Å². The Morgan fingerprint density at radius 3 is 2.00 bits per heavy atom. The molecule has 0 radical (unpaired) electrons. The molecule has 0 spiro atoms. The lowest BCUT2D eigenvalue weighted by Gasteiger charge is -2.63. The molecular formula is C48H71F3O6SSi. The zero-order valence-electron chi connectivity index (χ0n) is 37.0. The number of alkyl halides is 3. The number of hydrogen-bond acceptors (Lipinski definition) is 6. The van der Waals surface area contributed by atoms with Crippen molar-refractivity contribution in [1.29, 1.82) is 0 Å². The third-order valence-electron chi connectivity index (χ3n) is 15.8. The van der Waals surface area contributed by atoms with Crippen molar-refractivity contribution in [2.45, 2.75) is 155 Å². The standard InChI is InChI=1S/C48H71F3O6SSi/c1-33(30-56-59(8,9)45(3,4)5)17-16-18-34(2)44-43(57-58(52,53)48(49,50)51)29-40-38-28-42(55-32-36-21-14-11-15-22-36)41-27-37(54-31-35-19-12-10-13-20-35)23-25-46(41,6)39(38)24-26-47(40,44)7/h10-15,19-22,29,33-34,37-42,44H,16-18,23-28,30-32H2,1-9H3/t33-,34-,37+,38-,39+,40+,41-,42-,44+,46-,47+/m1/s1. The molecule has 2 aromatic rings. The van der Waals surface area contributed by atoms with Gasteiger partial charge in [-0.15, -0.1) is 0 Å². The van der Waals surface area contributed by atoms with E-state index in [1.807, 2.05) is 42.5 Å². The zero-order valence-corrected chi connectivity index (χ0v) is 38.8. The van der Waals surface area contributed by atoms with E-state index in [0.29, 0.717) is 31.7 Å². The van der Waals surface area contributed by atoms with Crippen molar-refractivity contribution in [2.24, 2.45) is 52.3 Å². The predicted octanol–water partition coefficient (Wildman–Crippen LogP) is 12.9. The van der Waals surface area contributed by atoms with Gasteiger partial charge in [0, 0.05) is 12.5 Å². The first kappa shape index (κ1) is 46.3. The van der Waals surface area contributed by atoms with E-state index >= 15 is 0 Å². The minimum atomic E-state index is -5.85. The monoisotopic (exact) mass is 860 g/mol. The second-order valence-corrected chi connectivity index (χ2v) is 27.2. The van der Waals surface area contributed by atoms with E-state index in [1.165, 1.54) is 0 Å². The summed E-state index contributed by atoms with van der Waals surface area (Å²) in [6.45, 7) is 21.8. The summed E-state index contributed by atoms with van der Waals surface area (Å²) in [6.07, 6.45) is 9.67. The summed E-state index contributed by atoms with van der Waals surface area (Å²) in [5, 5.41) is 0.120. The third kappa shape index (κ3) is 10.1. The van der Waals surface area contributed by atoms with Crippen LogP contribution in [0.15, 0.2) is 72.5 Å². The van der Waals surface area contributed by atoms with Crippen LogP contribution in [0.3, 0.4) is 0 Å². The molecule has 11 heteroatoms. The van der Waals surface area contributed by atoms with Gasteiger partial charge in [-0.05, 0) is 133 Å². The molecule has 2 aromatic carbocycles. The molecule has 59 heavy (non-hydrogen) atoms. The molecule has 0 N–H and O–H groups in total. The van der Waals surface area contributed by atoms with Crippen LogP contribution in [0.4, 0.5) is 13.2 Å². The summed E-state index contributed by atoms with van der Waals surface area (Å²) in [7, 11) is -7.74. The molecule has 0 saturated heterocycles. The molecule has 0 aromatic heterocycles. The van der Waals surface area contributed by atoms with Crippen LogP contribution in [0.1, 0.15) is 117 Å². The van der Waals surface area contributed by atoms with Gasteiger partial charge in [0.15, 0.2) is 8.32 Å². The lowest BCUT2D eigenvalue weighted by molar-refractivity contribution is -0.191. The minimum absolute atomic E-state index is 0.00988. The van der Waals surface area contributed by atoms with Gasteiger partial charge in [0.2, 0.25) is 0 Å². The average molecular weight is 861 g/mol. The molecule has 3 fully saturated rings. The van der Waals surface area contributed by atoms with E-state index in [4.69, 9.17) is 18.1 Å². The highest BCUT2D eigenvalue weighted by Gasteiger charge is 2.64. The smallest absolute Gasteiger partial charge is 0.417 e. The van der Waals surface area contributed by atoms with Crippen LogP contribution in [0.25, 0.3) is 0 Å². The van der Waals surface area contributed by atoms with Crippen LogP contribution in [0.2, 0.25) is 18.1 Å². The first-order valence-electron chi connectivity index (χ1n) is 22.2. The lowest BCUT2D eigenvalue weighted by atomic mass is 9.43. The Hall–Kier alpha value is -2.18. The topological polar surface area (TPSA) is 71.1 Å². The van der Waals surface area contributed by atoms with Crippen molar-refractivity contribution in [1.82, 2.24) is 0 Å². The van der Waals surface area contributed by atoms with Gasteiger partial charge in [-0.3, -0.25) is 0 Å². The molecule has 4 aliphatic carbocycles. The number of allylic oxidation sites excluding steroid dienone is 2. The quantitative estimate of drug-likeness (QED) is 0.0951. The number of hydrogen-bond donors (Lipinski definition) is 0. The van der Waals surface area contributed by atoms with Crippen LogP contribution >= 0.6 is 0 Å². The largest absolute Gasteiger partial charge is 0.534 e. The van der Waals surface area contributed by atoms with Crippen LogP contribution in [-0.4, -0.2) is 41.1 Å². The molecule has 6 nitrogen and oxygen atoms in total. The maximum atomic E-state index is 14.0. The first-order valence-corrected chi connectivity index (χ1v) is 26.5. The molecule has 4 aliphatic rings. The summed E-state index contributed by atoms with van der Waals surface area (Å²) in [5.41, 5.74) is -3.79. The summed E-state index contributed by atoms with van der Waals surface area (Å²) < 4.78 is 92.8. The molecule has 0 bridgehead atoms. The number of rotatable bonds is 16. The normalized spacial score (nSPS) is 32.3. The number of halogens is 3. The van der Waals surface area contributed by atoms with Crippen molar-refractivity contribution in [2.75, 3.05) is 6.61 Å². The maximum Gasteiger partial charge on any atom is 0.534 e. The van der Waals surface area contributed by atoms with Crippen LogP contribution in [0.5, 0.6) is 0 Å². The summed E-state index contributed by atoms with van der Waals surface area (Å²) >= 11 is 0. The first-order chi connectivity index (χ1) is 27.6. The molecule has 0 unspecified atom stereocenters. The maximum absolute atomic E-state index is 14.0. The van der Waals surface area contributed by atoms with Crippen LogP contribution in [-0.2, 0) is 41.4 Å². The Labute approximate surface area is 354 Å². The fourth-order valence-corrected chi connectivity index (χ4v) is 13.1. The molecule has 0 heterocycles. The molecule has 0 amide bonds. The Balaban J connectivity index is 1.24. The van der Waals surface area contributed by atoms with Crippen molar-refractivity contribution in [3.05, 3.63) is 83.6 Å². The Kier molecular flexibility index (Phi) is 14.0. The number of ether oxygens (including phenoxy) is 2. The highest BCUT2D eigenvalue weighted by atomic mass is 32.2. The van der Waals surface area contributed by atoms with E-state index in [2.05, 4.69) is 85.8 Å². The molecule has 11 atom stereocenters. The van der Waals surface area contributed by atoms with Crippen molar-refractivity contribution < 1.29 is 39.7 Å². The van der Waals surface area contributed by atoms with E-state index in [0.717, 1.165) is 68.9 Å². The number of fused-ring (bicyclic) bond motifs is 5.